The molecule has 1 aliphatic carbocycles. The van der Waals surface area contributed by atoms with Gasteiger partial charge in [-0.1, -0.05) is 145 Å². The number of hydrogen-bond donors (Lipinski definition) is 0. The summed E-state index contributed by atoms with van der Waals surface area (Å²) in [5, 5.41) is -0.624. The predicted octanol–water partition coefficient (Wildman–Crippen LogP) is 12.8. The fourth-order valence-electron chi connectivity index (χ4n) is 9.58. The van der Waals surface area contributed by atoms with Gasteiger partial charge in [-0.2, -0.15) is 4.58 Å². The Morgan fingerprint density at radius 2 is 1.36 bits per heavy atom. The van der Waals surface area contributed by atoms with Crippen LogP contribution in [0.15, 0.2) is 119 Å². The molecule has 3 aromatic carbocycles. The topological polar surface area (TPSA) is 40.4 Å². The van der Waals surface area contributed by atoms with Gasteiger partial charge in [-0.25, -0.2) is 8.42 Å². The van der Waals surface area contributed by atoms with Crippen molar-refractivity contribution in [2.45, 2.75) is 146 Å². The van der Waals surface area contributed by atoms with Crippen LogP contribution in [0.5, 0.6) is 0 Å². The normalized spacial score (nSPS) is 21.9. The molecule has 0 amide bonds. The van der Waals surface area contributed by atoms with Crippen LogP contribution in [0.1, 0.15) is 136 Å². The van der Waals surface area contributed by atoms with Gasteiger partial charge >= 0.3 is 0 Å². The van der Waals surface area contributed by atoms with Crippen molar-refractivity contribution >= 4 is 26.9 Å². The first-order valence-corrected chi connectivity index (χ1v) is 23.1. The summed E-state index contributed by atoms with van der Waals surface area (Å²) in [5.41, 5.74) is 8.49. The van der Waals surface area contributed by atoms with Gasteiger partial charge in [0.1, 0.15) is 6.54 Å². The number of unbranched alkanes of at least 4 members (excludes halogenated alkanes) is 8. The van der Waals surface area contributed by atoms with E-state index >= 15 is 0 Å². The van der Waals surface area contributed by atoms with Gasteiger partial charge in [-0.15, -0.1) is 0 Å². The van der Waals surface area contributed by atoms with E-state index in [1.54, 1.807) is 12.1 Å². The van der Waals surface area contributed by atoms with Crippen LogP contribution in [0.3, 0.4) is 0 Å². The smallest absolute Gasteiger partial charge is 0.209 e. The van der Waals surface area contributed by atoms with E-state index in [2.05, 4.69) is 124 Å². The fourth-order valence-corrected chi connectivity index (χ4v) is 11.7. The third kappa shape index (κ3) is 8.68. The fraction of sp³-hybridized carbons (Fsp3) is 0.500. The molecule has 0 N–H and O–H groups in total. The molecule has 2 aliphatic heterocycles. The number of para-hydroxylation sites is 2. The molecule has 1 fully saturated rings. The summed E-state index contributed by atoms with van der Waals surface area (Å²) in [4.78, 5) is 2.93. The number of rotatable bonds is 17. The van der Waals surface area contributed by atoms with E-state index in [0.717, 1.165) is 50.8 Å². The van der Waals surface area contributed by atoms with Crippen molar-refractivity contribution in [1.82, 2.24) is 0 Å². The van der Waals surface area contributed by atoms with Crippen LogP contribution in [0.25, 0.3) is 0 Å². The zero-order valence-corrected chi connectivity index (χ0v) is 35.5. The highest BCUT2D eigenvalue weighted by atomic mass is 32.2. The van der Waals surface area contributed by atoms with Crippen molar-refractivity contribution in [2.24, 2.45) is 5.92 Å². The van der Waals surface area contributed by atoms with Crippen LogP contribution in [-0.2, 0) is 20.7 Å². The SMILES string of the molecule is CCCCCCCN1C(=CC=C2CCCC(C=CC3=[N+](CCCCCCC)c4ccccc4C3(C)C)C2S(=O)(=O)c2ccccc2)C(C)(C)c2ccccc21. The van der Waals surface area contributed by atoms with E-state index in [1.807, 2.05) is 18.2 Å². The molecule has 4 nitrogen and oxygen atoms in total. The average Bonchev–Trinajstić information content (AvgIpc) is 3.54. The van der Waals surface area contributed by atoms with Crippen molar-refractivity contribution in [2.75, 3.05) is 18.0 Å². The van der Waals surface area contributed by atoms with E-state index < -0.39 is 15.1 Å². The molecule has 3 aromatic rings. The molecule has 1 saturated carbocycles. The zero-order chi connectivity index (χ0) is 39.1. The minimum atomic E-state index is -3.68. The Bertz CT molecular complexity index is 2000. The number of benzene rings is 3. The van der Waals surface area contributed by atoms with Crippen LogP contribution < -0.4 is 4.90 Å². The second-order valence-corrected chi connectivity index (χ2v) is 19.4. The summed E-state index contributed by atoms with van der Waals surface area (Å²) in [7, 11) is -3.68. The summed E-state index contributed by atoms with van der Waals surface area (Å²) < 4.78 is 32.3. The van der Waals surface area contributed by atoms with Crippen LogP contribution in [0.2, 0.25) is 0 Å². The molecule has 294 valence electrons. The third-order valence-corrected chi connectivity index (χ3v) is 14.9. The molecular formula is C50H67N2O2S+. The first-order chi connectivity index (χ1) is 26.5. The molecule has 0 spiro atoms. The molecule has 3 aliphatic rings. The van der Waals surface area contributed by atoms with E-state index in [0.29, 0.717) is 4.90 Å². The predicted molar refractivity (Wildman–Crippen MR) is 234 cm³/mol. The van der Waals surface area contributed by atoms with Crippen LogP contribution >= 0.6 is 0 Å². The summed E-state index contributed by atoms with van der Waals surface area (Å²) in [5.74, 6) is -0.134. The minimum absolute atomic E-state index is 0.134. The monoisotopic (exact) mass is 759 g/mol. The zero-order valence-electron chi connectivity index (χ0n) is 34.7. The maximum atomic E-state index is 14.9. The molecule has 2 unspecified atom stereocenters. The van der Waals surface area contributed by atoms with E-state index in [1.165, 1.54) is 85.3 Å². The molecule has 55 heavy (non-hydrogen) atoms. The Kier molecular flexibility index (Phi) is 13.4. The van der Waals surface area contributed by atoms with Gasteiger partial charge in [0, 0.05) is 47.5 Å². The third-order valence-electron chi connectivity index (χ3n) is 12.7. The van der Waals surface area contributed by atoms with Crippen LogP contribution in [0, 0.1) is 5.92 Å². The molecule has 0 radical (unpaired) electrons. The highest BCUT2D eigenvalue weighted by Gasteiger charge is 2.45. The summed E-state index contributed by atoms with van der Waals surface area (Å²) in [6.07, 6.45) is 24.0. The Morgan fingerprint density at radius 1 is 0.727 bits per heavy atom. The lowest BCUT2D eigenvalue weighted by atomic mass is 9.79. The van der Waals surface area contributed by atoms with Gasteiger partial charge in [0.05, 0.1) is 15.6 Å². The van der Waals surface area contributed by atoms with Crippen LogP contribution in [-0.4, -0.2) is 37.0 Å². The number of fused-ring (bicyclic) bond motifs is 2. The summed E-state index contributed by atoms with van der Waals surface area (Å²) in [6, 6.07) is 26.9. The quantitative estimate of drug-likeness (QED) is 0.102. The van der Waals surface area contributed by atoms with E-state index in [-0.39, 0.29) is 16.7 Å². The van der Waals surface area contributed by atoms with Gasteiger partial charge in [0.25, 0.3) is 0 Å². The highest BCUT2D eigenvalue weighted by molar-refractivity contribution is 7.92. The Balaban J connectivity index is 1.39. The molecular weight excluding hydrogens is 693 g/mol. The minimum Gasteiger partial charge on any atom is -0.344 e. The Hall–Kier alpha value is -3.70. The molecule has 5 heteroatoms. The molecule has 0 bridgehead atoms. The first-order valence-electron chi connectivity index (χ1n) is 21.5. The van der Waals surface area contributed by atoms with Gasteiger partial charge in [-0.05, 0) is 81.7 Å². The van der Waals surface area contributed by atoms with Crippen molar-refractivity contribution in [3.63, 3.8) is 0 Å². The van der Waals surface area contributed by atoms with Gasteiger partial charge in [0.2, 0.25) is 5.69 Å². The maximum absolute atomic E-state index is 14.9. The maximum Gasteiger partial charge on any atom is 0.209 e. The molecule has 0 saturated heterocycles. The first kappa shape index (κ1) is 40.9. The van der Waals surface area contributed by atoms with E-state index in [9.17, 15) is 8.42 Å². The highest BCUT2D eigenvalue weighted by Crippen LogP contribution is 2.48. The average molecular weight is 760 g/mol. The van der Waals surface area contributed by atoms with Crippen LogP contribution in [0.4, 0.5) is 11.4 Å². The number of nitrogens with zero attached hydrogens (tertiary/aromatic N) is 2. The van der Waals surface area contributed by atoms with E-state index in [4.69, 9.17) is 0 Å². The van der Waals surface area contributed by atoms with Gasteiger partial charge < -0.3 is 4.90 Å². The lowest BCUT2D eigenvalue weighted by molar-refractivity contribution is -0.438. The largest absolute Gasteiger partial charge is 0.344 e. The molecule has 2 heterocycles. The van der Waals surface area contributed by atoms with Crippen molar-refractivity contribution < 1.29 is 13.0 Å². The number of sulfone groups is 1. The van der Waals surface area contributed by atoms with Crippen molar-refractivity contribution in [3.8, 4) is 0 Å². The second-order valence-electron chi connectivity index (χ2n) is 17.3. The van der Waals surface area contributed by atoms with Gasteiger partial charge in [-0.3, -0.25) is 0 Å². The Labute approximate surface area is 334 Å². The van der Waals surface area contributed by atoms with Crippen molar-refractivity contribution in [1.29, 1.82) is 0 Å². The Morgan fingerprint density at radius 3 is 2.09 bits per heavy atom. The molecule has 6 rings (SSSR count). The number of allylic oxidation sites excluding steroid dienone is 5. The molecule has 0 aromatic heterocycles. The standard InChI is InChI=1S/C50H67N2O2S/c1-7-9-11-13-22-37-51-44-31-20-18-29-42(44)49(3,4)46(51)35-33-39-25-24-26-40(48(39)55(53,54)41-27-16-15-17-28-41)34-36-47-50(5,6)43-30-19-21-32-45(43)52(47)38-23-14-12-10-8-2/h15-21,27-36,39,48H,7-14,22-26,37-38H2,1-6H3/q+1. The lowest BCUT2D eigenvalue weighted by Crippen LogP contribution is -2.35. The number of hydrogen-bond acceptors (Lipinski definition) is 3. The summed E-state index contributed by atoms with van der Waals surface area (Å²) in [6.45, 7) is 15.8. The molecule has 2 atom stereocenters. The summed E-state index contributed by atoms with van der Waals surface area (Å²) >= 11 is 0. The lowest BCUT2D eigenvalue weighted by Gasteiger charge is -2.32. The van der Waals surface area contributed by atoms with Crippen molar-refractivity contribution in [3.05, 3.63) is 126 Å². The second kappa shape index (κ2) is 18.0. The van der Waals surface area contributed by atoms with Gasteiger partial charge in [0.15, 0.2) is 15.5 Å². The number of anilines is 1.